The lowest BCUT2D eigenvalue weighted by Crippen LogP contribution is -2.58. The predicted molar refractivity (Wildman–Crippen MR) is 175 cm³/mol. The van der Waals surface area contributed by atoms with Gasteiger partial charge in [-0.15, -0.1) is 0 Å². The van der Waals surface area contributed by atoms with Gasteiger partial charge >= 0.3 is 0 Å². The van der Waals surface area contributed by atoms with Crippen molar-refractivity contribution in [3.05, 3.63) is 95.1 Å². The molecular weight excluding hydrogens is 550 g/mol. The van der Waals surface area contributed by atoms with Gasteiger partial charge in [0, 0.05) is 18.1 Å². The largest absolute Gasteiger partial charge is 0.348 e. The second-order valence-corrected chi connectivity index (χ2v) is 11.3. The number of aromatic nitrogens is 4. The van der Waals surface area contributed by atoms with E-state index in [0.29, 0.717) is 46.0 Å². The molecule has 0 bridgehead atoms. The molecule has 9 heteroatoms. The van der Waals surface area contributed by atoms with E-state index in [4.69, 9.17) is 25.7 Å². The molecule has 0 spiro atoms. The number of amides is 2. The van der Waals surface area contributed by atoms with Crippen molar-refractivity contribution in [2.24, 2.45) is 5.73 Å². The van der Waals surface area contributed by atoms with Crippen molar-refractivity contribution in [2.45, 2.75) is 58.7 Å². The van der Waals surface area contributed by atoms with Gasteiger partial charge in [-0.3, -0.25) is 9.59 Å². The lowest BCUT2D eigenvalue weighted by Gasteiger charge is -2.31. The van der Waals surface area contributed by atoms with Crippen LogP contribution in [0, 0.1) is 13.8 Å². The summed E-state index contributed by atoms with van der Waals surface area (Å²) < 4.78 is 0. The van der Waals surface area contributed by atoms with Crippen LogP contribution in [-0.4, -0.2) is 49.9 Å². The fourth-order valence-electron chi connectivity index (χ4n) is 5.69. The number of nitrogens with zero attached hydrogens (tertiary/aromatic N) is 4. The molecule has 2 atom stereocenters. The van der Waals surface area contributed by atoms with Crippen LogP contribution in [0.3, 0.4) is 0 Å². The highest BCUT2D eigenvalue weighted by Crippen LogP contribution is 2.23. The summed E-state index contributed by atoms with van der Waals surface area (Å²) in [5.74, 6) is -0.571. The minimum Gasteiger partial charge on any atom is -0.348 e. The predicted octanol–water partition coefficient (Wildman–Crippen LogP) is 5.54. The third kappa shape index (κ3) is 5.54. The second-order valence-electron chi connectivity index (χ2n) is 11.3. The van der Waals surface area contributed by atoms with Gasteiger partial charge in [0.15, 0.2) is 0 Å². The molecule has 0 fully saturated rings. The number of para-hydroxylation sites is 2. The molecule has 222 valence electrons. The molecule has 2 unspecified atom stereocenters. The molecule has 0 saturated carbocycles. The van der Waals surface area contributed by atoms with Crippen molar-refractivity contribution < 1.29 is 9.59 Å². The molecule has 2 amide bonds. The molecule has 2 aromatic heterocycles. The van der Waals surface area contributed by atoms with E-state index in [9.17, 15) is 9.59 Å². The number of carbonyl (C=O) groups is 2. The van der Waals surface area contributed by atoms with Crippen LogP contribution in [0.15, 0.2) is 72.8 Å². The summed E-state index contributed by atoms with van der Waals surface area (Å²) in [5.41, 5.74) is 15.1. The van der Waals surface area contributed by atoms with Crippen LogP contribution >= 0.6 is 0 Å². The summed E-state index contributed by atoms with van der Waals surface area (Å²) >= 11 is 0. The van der Waals surface area contributed by atoms with Crippen molar-refractivity contribution >= 4 is 55.9 Å². The minimum absolute atomic E-state index is 0.285. The highest BCUT2D eigenvalue weighted by atomic mass is 16.2. The van der Waals surface area contributed by atoms with E-state index in [1.807, 2.05) is 76.2 Å². The summed E-state index contributed by atoms with van der Waals surface area (Å²) in [4.78, 5) is 46.3. The fourth-order valence-corrected chi connectivity index (χ4v) is 5.69. The van der Waals surface area contributed by atoms with Gasteiger partial charge in [-0.25, -0.2) is 19.9 Å². The van der Waals surface area contributed by atoms with Gasteiger partial charge in [0.1, 0.15) is 11.0 Å². The monoisotopic (exact) mass is 585 g/mol. The number of aryl methyl sites for hydroxylation is 2. The average molecular weight is 586 g/mol. The molecule has 0 aliphatic heterocycles. The summed E-state index contributed by atoms with van der Waals surface area (Å²) in [6.45, 7) is 7.92. The number of nitrogens with one attached hydrogen (secondary N) is 2. The number of nitrogens with two attached hydrogens (primary N) is 1. The Morgan fingerprint density at radius 2 is 1.05 bits per heavy atom. The molecule has 9 nitrogen and oxygen atoms in total. The SMILES string of the molecule is CCC(NC(=O)c1cccc2nc3ccc(C)cc3nc12)C(N)C(CC)NC(=O)c1cccc2nc3ccc(C)cc3nc12. The van der Waals surface area contributed by atoms with E-state index in [0.717, 1.165) is 33.2 Å². The first-order chi connectivity index (χ1) is 21.2. The van der Waals surface area contributed by atoms with Crippen LogP contribution in [0.25, 0.3) is 44.1 Å². The summed E-state index contributed by atoms with van der Waals surface area (Å²) in [7, 11) is 0. The molecule has 0 radical (unpaired) electrons. The van der Waals surface area contributed by atoms with Crippen LogP contribution in [0.1, 0.15) is 58.5 Å². The Morgan fingerprint density at radius 3 is 1.45 bits per heavy atom. The van der Waals surface area contributed by atoms with Crippen molar-refractivity contribution in [3.63, 3.8) is 0 Å². The Balaban J connectivity index is 1.24. The van der Waals surface area contributed by atoms with E-state index in [1.165, 1.54) is 0 Å². The maximum absolute atomic E-state index is 13.6. The molecule has 0 saturated heterocycles. The first-order valence-electron chi connectivity index (χ1n) is 15.0. The number of fused-ring (bicyclic) bond motifs is 4. The number of rotatable bonds is 8. The molecule has 0 aliphatic rings. The molecular formula is C35H35N7O2. The Kier molecular flexibility index (Phi) is 7.88. The van der Waals surface area contributed by atoms with E-state index in [2.05, 4.69) is 10.6 Å². The molecule has 4 aromatic carbocycles. The number of hydrogen-bond acceptors (Lipinski definition) is 7. The standard InChI is InChI=1S/C35H35N7O2/c1-5-23(41-34(43)21-9-7-11-27-32(21)39-29-17-19(3)13-15-25(29)37-27)31(36)24(6-2)42-35(44)22-10-8-12-28-33(22)40-30-18-20(4)14-16-26(30)38-28/h7-18,23-24,31H,5-6,36H2,1-4H3,(H,41,43)(H,42,44). The van der Waals surface area contributed by atoms with Crippen LogP contribution in [-0.2, 0) is 0 Å². The third-order valence-electron chi connectivity index (χ3n) is 8.17. The van der Waals surface area contributed by atoms with Gasteiger partial charge in [-0.2, -0.15) is 0 Å². The molecule has 2 heterocycles. The van der Waals surface area contributed by atoms with Crippen molar-refractivity contribution in [3.8, 4) is 0 Å². The Hall–Kier alpha value is -5.02. The maximum Gasteiger partial charge on any atom is 0.253 e. The molecule has 0 aliphatic carbocycles. The molecule has 6 aromatic rings. The van der Waals surface area contributed by atoms with Gasteiger partial charge in [0.05, 0.1) is 44.2 Å². The van der Waals surface area contributed by atoms with Gasteiger partial charge in [0.2, 0.25) is 0 Å². The average Bonchev–Trinajstić information content (AvgIpc) is 3.03. The second kappa shape index (κ2) is 11.9. The highest BCUT2D eigenvalue weighted by Gasteiger charge is 2.28. The van der Waals surface area contributed by atoms with Gasteiger partial charge in [-0.05, 0) is 86.3 Å². The molecule has 6 rings (SSSR count). The zero-order valence-electron chi connectivity index (χ0n) is 25.3. The highest BCUT2D eigenvalue weighted by molar-refractivity contribution is 6.07. The summed E-state index contributed by atoms with van der Waals surface area (Å²) in [5, 5.41) is 6.22. The van der Waals surface area contributed by atoms with E-state index in [1.54, 1.807) is 24.3 Å². The van der Waals surface area contributed by atoms with Crippen molar-refractivity contribution in [1.82, 2.24) is 30.6 Å². The van der Waals surface area contributed by atoms with Crippen molar-refractivity contribution in [2.75, 3.05) is 0 Å². The van der Waals surface area contributed by atoms with Gasteiger partial charge in [0.25, 0.3) is 11.8 Å². The number of benzene rings is 4. The third-order valence-corrected chi connectivity index (χ3v) is 8.17. The smallest absolute Gasteiger partial charge is 0.253 e. The summed E-state index contributed by atoms with van der Waals surface area (Å²) in [6.07, 6.45) is 1.14. The first-order valence-corrected chi connectivity index (χ1v) is 15.0. The minimum atomic E-state index is -0.549. The Bertz CT molecular complexity index is 1910. The normalized spacial score (nSPS) is 13.7. The first kappa shape index (κ1) is 29.1. The van der Waals surface area contributed by atoms with Crippen LogP contribution in [0.2, 0.25) is 0 Å². The van der Waals surface area contributed by atoms with Crippen LogP contribution < -0.4 is 16.4 Å². The summed E-state index contributed by atoms with van der Waals surface area (Å²) in [6, 6.07) is 21.2. The fraction of sp³-hybridized carbons (Fsp3) is 0.257. The zero-order valence-corrected chi connectivity index (χ0v) is 25.3. The van der Waals surface area contributed by atoms with Crippen LogP contribution in [0.4, 0.5) is 0 Å². The maximum atomic E-state index is 13.6. The van der Waals surface area contributed by atoms with Crippen LogP contribution in [0.5, 0.6) is 0 Å². The lowest BCUT2D eigenvalue weighted by atomic mass is 9.95. The Labute approximate surface area is 255 Å². The van der Waals surface area contributed by atoms with Gasteiger partial charge < -0.3 is 16.4 Å². The van der Waals surface area contributed by atoms with E-state index < -0.39 is 18.1 Å². The molecule has 4 N–H and O–H groups in total. The quantitative estimate of drug-likeness (QED) is 0.200. The van der Waals surface area contributed by atoms with Crippen molar-refractivity contribution in [1.29, 1.82) is 0 Å². The molecule has 44 heavy (non-hydrogen) atoms. The zero-order chi connectivity index (χ0) is 31.0. The van der Waals surface area contributed by atoms with Gasteiger partial charge in [-0.1, -0.05) is 38.1 Å². The number of hydrogen-bond donors (Lipinski definition) is 3. The topological polar surface area (TPSA) is 136 Å². The van der Waals surface area contributed by atoms with E-state index >= 15 is 0 Å². The van der Waals surface area contributed by atoms with E-state index in [-0.39, 0.29) is 11.8 Å². The lowest BCUT2D eigenvalue weighted by molar-refractivity contribution is 0.0909. The number of carbonyl (C=O) groups excluding carboxylic acids is 2. The Morgan fingerprint density at radius 1 is 0.614 bits per heavy atom.